The van der Waals surface area contributed by atoms with Crippen molar-refractivity contribution in [3.05, 3.63) is 59.7 Å². The molecule has 0 aromatic heterocycles. The van der Waals surface area contributed by atoms with Crippen LogP contribution in [0.5, 0.6) is 5.75 Å². The number of rotatable bonds is 5. The van der Waals surface area contributed by atoms with Gasteiger partial charge in [0.25, 0.3) is 0 Å². The molecule has 0 unspecified atom stereocenters. The van der Waals surface area contributed by atoms with Crippen molar-refractivity contribution in [1.29, 1.82) is 0 Å². The highest BCUT2D eigenvalue weighted by molar-refractivity contribution is 5.50. The van der Waals surface area contributed by atoms with Crippen LogP contribution in [0.3, 0.4) is 0 Å². The zero-order chi connectivity index (χ0) is 15.3. The van der Waals surface area contributed by atoms with Gasteiger partial charge in [-0.1, -0.05) is 51.1 Å². The number of para-hydroxylation sites is 1. The van der Waals surface area contributed by atoms with Crippen molar-refractivity contribution in [2.75, 3.05) is 18.5 Å². The number of anilines is 1. The summed E-state index contributed by atoms with van der Waals surface area (Å²) in [7, 11) is 0. The monoisotopic (exact) mass is 283 g/mol. The van der Waals surface area contributed by atoms with Crippen molar-refractivity contribution < 1.29 is 4.74 Å². The van der Waals surface area contributed by atoms with E-state index in [0.717, 1.165) is 12.3 Å². The molecule has 0 saturated carbocycles. The first-order chi connectivity index (χ1) is 9.97. The van der Waals surface area contributed by atoms with Gasteiger partial charge in [0, 0.05) is 12.2 Å². The van der Waals surface area contributed by atoms with Crippen LogP contribution in [0.25, 0.3) is 0 Å². The van der Waals surface area contributed by atoms with Gasteiger partial charge in [-0.15, -0.1) is 0 Å². The van der Waals surface area contributed by atoms with Crippen molar-refractivity contribution in [1.82, 2.24) is 0 Å². The van der Waals surface area contributed by atoms with E-state index in [0.29, 0.717) is 6.61 Å². The highest BCUT2D eigenvalue weighted by atomic mass is 16.5. The van der Waals surface area contributed by atoms with Gasteiger partial charge in [0.15, 0.2) is 0 Å². The quantitative estimate of drug-likeness (QED) is 0.797. The van der Waals surface area contributed by atoms with Crippen LogP contribution in [-0.4, -0.2) is 13.2 Å². The second-order valence-corrected chi connectivity index (χ2v) is 6.36. The smallest absolute Gasteiger partial charge is 0.119 e. The van der Waals surface area contributed by atoms with E-state index in [-0.39, 0.29) is 5.41 Å². The lowest BCUT2D eigenvalue weighted by atomic mass is 9.87. The molecule has 2 aromatic rings. The van der Waals surface area contributed by atoms with E-state index in [4.69, 9.17) is 4.74 Å². The summed E-state index contributed by atoms with van der Waals surface area (Å²) in [6, 6.07) is 16.7. The van der Waals surface area contributed by atoms with Crippen molar-refractivity contribution in [3.63, 3.8) is 0 Å². The van der Waals surface area contributed by atoms with Gasteiger partial charge in [-0.3, -0.25) is 0 Å². The molecule has 0 saturated heterocycles. The van der Waals surface area contributed by atoms with Gasteiger partial charge in [-0.25, -0.2) is 0 Å². The first-order valence-electron chi connectivity index (χ1n) is 7.50. The molecule has 0 amide bonds. The lowest BCUT2D eigenvalue weighted by Gasteiger charge is -2.19. The van der Waals surface area contributed by atoms with Crippen LogP contribution < -0.4 is 10.1 Å². The first kappa shape index (κ1) is 15.4. The van der Waals surface area contributed by atoms with Crippen LogP contribution in [0.2, 0.25) is 0 Å². The molecule has 0 aliphatic rings. The number of benzene rings is 2. The van der Waals surface area contributed by atoms with Gasteiger partial charge < -0.3 is 10.1 Å². The fourth-order valence-corrected chi connectivity index (χ4v) is 2.18. The van der Waals surface area contributed by atoms with Gasteiger partial charge >= 0.3 is 0 Å². The summed E-state index contributed by atoms with van der Waals surface area (Å²) in [6.45, 7) is 10.2. The van der Waals surface area contributed by atoms with E-state index in [1.807, 2.05) is 24.3 Å². The molecule has 2 nitrogen and oxygen atoms in total. The van der Waals surface area contributed by atoms with E-state index in [9.17, 15) is 0 Å². The van der Waals surface area contributed by atoms with E-state index in [2.05, 4.69) is 57.3 Å². The highest BCUT2D eigenvalue weighted by Crippen LogP contribution is 2.24. The molecule has 1 N–H and O–H groups in total. The summed E-state index contributed by atoms with van der Waals surface area (Å²) in [4.78, 5) is 0. The second-order valence-electron chi connectivity index (χ2n) is 6.36. The standard InChI is InChI=1S/C19H25NO/c1-15-7-5-6-8-18(15)20-13-14-21-17-11-9-16(10-12-17)19(2,3)4/h5-12,20H,13-14H2,1-4H3. The fourth-order valence-electron chi connectivity index (χ4n) is 2.18. The normalized spacial score (nSPS) is 11.2. The number of hydrogen-bond acceptors (Lipinski definition) is 2. The molecule has 0 aliphatic carbocycles. The zero-order valence-corrected chi connectivity index (χ0v) is 13.4. The summed E-state index contributed by atoms with van der Waals surface area (Å²) in [6.07, 6.45) is 0. The molecule has 21 heavy (non-hydrogen) atoms. The van der Waals surface area contributed by atoms with Crippen LogP contribution in [0.15, 0.2) is 48.5 Å². The molecule has 2 heteroatoms. The summed E-state index contributed by atoms with van der Waals surface area (Å²) in [5.41, 5.74) is 3.94. The third-order valence-electron chi connectivity index (χ3n) is 3.55. The minimum atomic E-state index is 0.185. The number of aryl methyl sites for hydroxylation is 1. The predicted molar refractivity (Wildman–Crippen MR) is 90.3 cm³/mol. The first-order valence-corrected chi connectivity index (χ1v) is 7.50. The molecule has 0 spiro atoms. The fraction of sp³-hybridized carbons (Fsp3) is 0.368. The maximum absolute atomic E-state index is 5.77. The third-order valence-corrected chi connectivity index (χ3v) is 3.55. The van der Waals surface area contributed by atoms with E-state index in [1.165, 1.54) is 16.8 Å². The summed E-state index contributed by atoms with van der Waals surface area (Å²) >= 11 is 0. The maximum atomic E-state index is 5.77. The van der Waals surface area contributed by atoms with Gasteiger partial charge in [-0.05, 0) is 41.7 Å². The molecule has 0 bridgehead atoms. The van der Waals surface area contributed by atoms with Crippen molar-refractivity contribution >= 4 is 5.69 Å². The molecule has 0 atom stereocenters. The predicted octanol–water partition coefficient (Wildman–Crippen LogP) is 4.78. The Morgan fingerprint density at radius 1 is 0.952 bits per heavy atom. The van der Waals surface area contributed by atoms with Crippen LogP contribution in [0.1, 0.15) is 31.9 Å². The number of ether oxygens (including phenoxy) is 1. The summed E-state index contributed by atoms with van der Waals surface area (Å²) < 4.78 is 5.77. The number of nitrogens with one attached hydrogen (secondary N) is 1. The summed E-state index contributed by atoms with van der Waals surface area (Å²) in [5, 5.41) is 3.39. The van der Waals surface area contributed by atoms with E-state index in [1.54, 1.807) is 0 Å². The Bertz CT molecular complexity index is 567. The molecule has 0 heterocycles. The van der Waals surface area contributed by atoms with Gasteiger partial charge in [-0.2, -0.15) is 0 Å². The molecule has 112 valence electrons. The van der Waals surface area contributed by atoms with Crippen LogP contribution >= 0.6 is 0 Å². The van der Waals surface area contributed by atoms with Crippen LogP contribution in [0, 0.1) is 6.92 Å². The van der Waals surface area contributed by atoms with Crippen molar-refractivity contribution in [2.24, 2.45) is 0 Å². The lowest BCUT2D eigenvalue weighted by Crippen LogP contribution is -2.13. The third kappa shape index (κ3) is 4.52. The van der Waals surface area contributed by atoms with Gasteiger partial charge in [0.05, 0.1) is 0 Å². The Labute approximate surface area is 128 Å². The molecule has 0 radical (unpaired) electrons. The minimum absolute atomic E-state index is 0.185. The van der Waals surface area contributed by atoms with E-state index >= 15 is 0 Å². The SMILES string of the molecule is Cc1ccccc1NCCOc1ccc(C(C)(C)C)cc1. The lowest BCUT2D eigenvalue weighted by molar-refractivity contribution is 0.332. The van der Waals surface area contributed by atoms with Crippen molar-refractivity contribution in [3.8, 4) is 5.75 Å². The topological polar surface area (TPSA) is 21.3 Å². The largest absolute Gasteiger partial charge is 0.492 e. The minimum Gasteiger partial charge on any atom is -0.492 e. The molecule has 0 fully saturated rings. The number of hydrogen-bond donors (Lipinski definition) is 1. The van der Waals surface area contributed by atoms with Gasteiger partial charge in [0.2, 0.25) is 0 Å². The Morgan fingerprint density at radius 3 is 2.24 bits per heavy atom. The average molecular weight is 283 g/mol. The average Bonchev–Trinajstić information content (AvgIpc) is 2.45. The zero-order valence-electron chi connectivity index (χ0n) is 13.4. The highest BCUT2D eigenvalue weighted by Gasteiger charge is 2.12. The Hall–Kier alpha value is -1.96. The van der Waals surface area contributed by atoms with Gasteiger partial charge in [0.1, 0.15) is 12.4 Å². The summed E-state index contributed by atoms with van der Waals surface area (Å²) in [5.74, 6) is 0.926. The molecule has 0 aliphatic heterocycles. The molecular weight excluding hydrogens is 258 g/mol. The molecular formula is C19H25NO. The molecule has 2 aromatic carbocycles. The maximum Gasteiger partial charge on any atom is 0.119 e. The second kappa shape index (κ2) is 6.66. The molecule has 2 rings (SSSR count). The van der Waals surface area contributed by atoms with Crippen LogP contribution in [-0.2, 0) is 5.41 Å². The van der Waals surface area contributed by atoms with Crippen LogP contribution in [0.4, 0.5) is 5.69 Å². The van der Waals surface area contributed by atoms with Crippen molar-refractivity contribution in [2.45, 2.75) is 33.1 Å². The Kier molecular flexibility index (Phi) is 4.89. The Balaban J connectivity index is 1.80. The van der Waals surface area contributed by atoms with E-state index < -0.39 is 0 Å². The Morgan fingerprint density at radius 2 is 1.62 bits per heavy atom.